The highest BCUT2D eigenvalue weighted by Crippen LogP contribution is 2.25. The summed E-state index contributed by atoms with van der Waals surface area (Å²) in [5, 5.41) is 3.48. The van der Waals surface area contributed by atoms with E-state index in [9.17, 15) is 9.18 Å². The largest absolute Gasteiger partial charge is 0.490 e. The maximum Gasteiger partial charge on any atom is 0.255 e. The van der Waals surface area contributed by atoms with E-state index in [1.807, 2.05) is 18.2 Å². The van der Waals surface area contributed by atoms with Crippen LogP contribution in [0.2, 0.25) is 0 Å². The third-order valence-electron chi connectivity index (χ3n) is 4.39. The minimum atomic E-state index is -0.565. The van der Waals surface area contributed by atoms with Crippen LogP contribution >= 0.6 is 0 Å². The van der Waals surface area contributed by atoms with Crippen LogP contribution in [-0.4, -0.2) is 17.5 Å². The smallest absolute Gasteiger partial charge is 0.255 e. The molecule has 3 aromatic rings. The molecule has 0 saturated carbocycles. The Kier molecular flexibility index (Phi) is 6.73. The Balaban J connectivity index is 1.64. The van der Waals surface area contributed by atoms with Crippen LogP contribution in [-0.2, 0) is 0 Å². The number of carbonyl (C=O) groups excluding carboxylic acids is 1. The monoisotopic (exact) mass is 378 g/mol. The number of pyridine rings is 1. The van der Waals surface area contributed by atoms with Gasteiger partial charge in [-0.1, -0.05) is 18.2 Å². The van der Waals surface area contributed by atoms with E-state index in [2.05, 4.69) is 16.9 Å². The molecular weight excluding hydrogens is 355 g/mol. The van der Waals surface area contributed by atoms with Gasteiger partial charge < -0.3 is 10.1 Å². The summed E-state index contributed by atoms with van der Waals surface area (Å²) in [5.41, 5.74) is 1.34. The van der Waals surface area contributed by atoms with Crippen molar-refractivity contribution in [3.05, 3.63) is 78.8 Å². The van der Waals surface area contributed by atoms with Crippen LogP contribution in [0.25, 0.3) is 10.9 Å². The number of nitrogens with zero attached hydrogens (tertiary/aromatic N) is 1. The number of anilines is 1. The standard InChI is InChI=1S/C23H23FN2O2/c1-2-3-4-5-6-15-28-21-11-7-10-20(22(21)24)26-23(27)18-12-13-19-17(16-18)9-8-14-25-19/h2,7-14,16H,1,3-6,15H2,(H,26,27). The summed E-state index contributed by atoms with van der Waals surface area (Å²) >= 11 is 0. The van der Waals surface area contributed by atoms with Crippen molar-refractivity contribution in [2.45, 2.75) is 25.7 Å². The number of halogens is 1. The van der Waals surface area contributed by atoms with Gasteiger partial charge >= 0.3 is 0 Å². The maximum atomic E-state index is 14.7. The number of fused-ring (bicyclic) bond motifs is 1. The Morgan fingerprint density at radius 1 is 1.14 bits per heavy atom. The van der Waals surface area contributed by atoms with E-state index < -0.39 is 5.82 Å². The molecule has 144 valence electrons. The lowest BCUT2D eigenvalue weighted by Gasteiger charge is -2.11. The normalized spacial score (nSPS) is 10.6. The van der Waals surface area contributed by atoms with Gasteiger partial charge in [0.15, 0.2) is 11.6 Å². The zero-order valence-electron chi connectivity index (χ0n) is 15.7. The molecule has 1 aromatic heterocycles. The molecule has 4 nitrogen and oxygen atoms in total. The first-order valence-corrected chi connectivity index (χ1v) is 9.37. The zero-order valence-corrected chi connectivity index (χ0v) is 15.7. The molecule has 0 aliphatic carbocycles. The molecule has 0 bridgehead atoms. The van der Waals surface area contributed by atoms with Gasteiger partial charge in [0.25, 0.3) is 5.91 Å². The van der Waals surface area contributed by atoms with Gasteiger partial charge in [-0.15, -0.1) is 6.58 Å². The molecule has 0 saturated heterocycles. The number of amides is 1. The number of benzene rings is 2. The molecule has 0 atom stereocenters. The van der Waals surface area contributed by atoms with Crippen molar-refractivity contribution in [2.75, 3.05) is 11.9 Å². The van der Waals surface area contributed by atoms with Gasteiger partial charge in [-0.05, 0) is 62.1 Å². The summed E-state index contributed by atoms with van der Waals surface area (Å²) in [5.74, 6) is -0.806. The van der Waals surface area contributed by atoms with Crippen LogP contribution in [0.4, 0.5) is 10.1 Å². The lowest BCUT2D eigenvalue weighted by atomic mass is 10.1. The number of rotatable bonds is 9. The predicted octanol–water partition coefficient (Wildman–Crippen LogP) is 5.75. The van der Waals surface area contributed by atoms with Crippen LogP contribution in [0.1, 0.15) is 36.0 Å². The fourth-order valence-electron chi connectivity index (χ4n) is 2.88. The Hall–Kier alpha value is -3.21. The summed E-state index contributed by atoms with van der Waals surface area (Å²) in [4.78, 5) is 16.8. The van der Waals surface area contributed by atoms with Gasteiger partial charge in [-0.2, -0.15) is 0 Å². The van der Waals surface area contributed by atoms with Gasteiger partial charge in [0.05, 0.1) is 17.8 Å². The first kappa shape index (κ1) is 19.5. The maximum absolute atomic E-state index is 14.7. The number of hydrogen-bond donors (Lipinski definition) is 1. The summed E-state index contributed by atoms with van der Waals surface area (Å²) < 4.78 is 20.2. The highest BCUT2D eigenvalue weighted by Gasteiger charge is 2.13. The molecule has 1 heterocycles. The van der Waals surface area contributed by atoms with Gasteiger partial charge in [-0.25, -0.2) is 4.39 Å². The van der Waals surface area contributed by atoms with Crippen molar-refractivity contribution in [3.63, 3.8) is 0 Å². The van der Waals surface area contributed by atoms with Crippen molar-refractivity contribution >= 4 is 22.5 Å². The quantitative estimate of drug-likeness (QED) is 0.381. The molecule has 3 rings (SSSR count). The summed E-state index contributed by atoms with van der Waals surface area (Å²) in [7, 11) is 0. The van der Waals surface area contributed by atoms with Gasteiger partial charge in [-0.3, -0.25) is 9.78 Å². The van der Waals surface area contributed by atoms with E-state index in [4.69, 9.17) is 4.74 Å². The van der Waals surface area contributed by atoms with E-state index in [1.165, 1.54) is 6.07 Å². The summed E-state index contributed by atoms with van der Waals surface area (Å²) in [6, 6.07) is 13.6. The van der Waals surface area contributed by atoms with Crippen LogP contribution in [0.3, 0.4) is 0 Å². The van der Waals surface area contributed by atoms with Gasteiger partial charge in [0.2, 0.25) is 0 Å². The Bertz CT molecular complexity index is 972. The zero-order chi connectivity index (χ0) is 19.8. The SMILES string of the molecule is C=CCCCCCOc1cccc(NC(=O)c2ccc3ncccc3c2)c1F. The second kappa shape index (κ2) is 9.65. The molecule has 28 heavy (non-hydrogen) atoms. The van der Waals surface area contributed by atoms with Gasteiger partial charge in [0.1, 0.15) is 0 Å². The van der Waals surface area contributed by atoms with Crippen molar-refractivity contribution in [2.24, 2.45) is 0 Å². The lowest BCUT2D eigenvalue weighted by Crippen LogP contribution is -2.13. The number of unbranched alkanes of at least 4 members (excludes halogenated alkanes) is 3. The summed E-state index contributed by atoms with van der Waals surface area (Å²) in [6.45, 7) is 4.12. The fourth-order valence-corrected chi connectivity index (χ4v) is 2.88. The molecule has 0 aliphatic heterocycles. The van der Waals surface area contributed by atoms with Gasteiger partial charge in [0, 0.05) is 17.1 Å². The predicted molar refractivity (Wildman–Crippen MR) is 110 cm³/mol. The molecule has 5 heteroatoms. The average Bonchev–Trinajstić information content (AvgIpc) is 2.72. The van der Waals surface area contributed by atoms with E-state index in [-0.39, 0.29) is 17.3 Å². The Morgan fingerprint density at radius 3 is 2.89 bits per heavy atom. The molecule has 0 fully saturated rings. The highest BCUT2D eigenvalue weighted by molar-refractivity contribution is 6.06. The third-order valence-corrected chi connectivity index (χ3v) is 4.39. The molecular formula is C23H23FN2O2. The average molecular weight is 378 g/mol. The molecule has 0 spiro atoms. The van der Waals surface area contributed by atoms with Crippen LogP contribution in [0, 0.1) is 5.82 Å². The second-order valence-corrected chi connectivity index (χ2v) is 6.47. The fraction of sp³-hybridized carbons (Fsp3) is 0.217. The molecule has 1 N–H and O–H groups in total. The minimum Gasteiger partial charge on any atom is -0.490 e. The number of nitrogens with one attached hydrogen (secondary N) is 1. The molecule has 0 unspecified atom stereocenters. The molecule has 0 radical (unpaired) electrons. The van der Waals surface area contributed by atoms with Crippen molar-refractivity contribution in [3.8, 4) is 5.75 Å². The molecule has 1 amide bonds. The Labute approximate surface area is 164 Å². The number of hydrogen-bond acceptors (Lipinski definition) is 3. The van der Waals surface area contributed by atoms with Crippen LogP contribution < -0.4 is 10.1 Å². The van der Waals surface area contributed by atoms with Crippen LogP contribution in [0.15, 0.2) is 67.4 Å². The molecule has 0 aliphatic rings. The second-order valence-electron chi connectivity index (χ2n) is 6.47. The van der Waals surface area contributed by atoms with Crippen molar-refractivity contribution in [1.82, 2.24) is 4.98 Å². The summed E-state index contributed by atoms with van der Waals surface area (Å²) in [6.07, 6.45) is 7.45. The number of ether oxygens (including phenoxy) is 1. The van der Waals surface area contributed by atoms with Crippen molar-refractivity contribution < 1.29 is 13.9 Å². The third kappa shape index (κ3) is 4.94. The minimum absolute atomic E-state index is 0.0976. The first-order valence-electron chi connectivity index (χ1n) is 9.37. The number of allylic oxidation sites excluding steroid dienone is 1. The van der Waals surface area contributed by atoms with E-state index in [1.54, 1.807) is 36.5 Å². The van der Waals surface area contributed by atoms with Crippen LogP contribution in [0.5, 0.6) is 5.75 Å². The van der Waals surface area contributed by atoms with E-state index >= 15 is 0 Å². The molecule has 2 aromatic carbocycles. The van der Waals surface area contributed by atoms with Crippen molar-refractivity contribution in [1.29, 1.82) is 0 Å². The van der Waals surface area contributed by atoms with E-state index in [0.29, 0.717) is 12.2 Å². The Morgan fingerprint density at radius 2 is 2.04 bits per heavy atom. The van der Waals surface area contributed by atoms with E-state index in [0.717, 1.165) is 36.6 Å². The number of carbonyl (C=O) groups is 1. The lowest BCUT2D eigenvalue weighted by molar-refractivity contribution is 0.102. The number of aromatic nitrogens is 1. The first-order chi connectivity index (χ1) is 13.7. The topological polar surface area (TPSA) is 51.2 Å². The highest BCUT2D eigenvalue weighted by atomic mass is 19.1.